The standard InChI is InChI=1S/C26H30Br4O8/c1-11-21(27)19(22(28)12(2)25(11)35-9-17(7-31)37-15(5)33)20-23(29)13(3)26(14(4)24(20)30)36-10-18(8-32)38-16(6)34/h17-18,31-32H,7-10H2,1-6H3. The normalized spacial score (nSPS) is 12.6. The van der Waals surface area contributed by atoms with E-state index in [0.717, 1.165) is 51.3 Å². The SMILES string of the molecule is CC(=O)OC(CO)COc1c(C)c(Br)c(-c2c(Br)c(C)c(OCC(CO)OC(C)=O)c(C)c2Br)c(Br)c1C. The van der Waals surface area contributed by atoms with Crippen molar-refractivity contribution in [2.45, 2.75) is 53.8 Å². The molecule has 0 aliphatic heterocycles. The lowest BCUT2D eigenvalue weighted by Gasteiger charge is -2.25. The lowest BCUT2D eigenvalue weighted by atomic mass is 9.96. The Labute approximate surface area is 255 Å². The van der Waals surface area contributed by atoms with Crippen LogP contribution in [0, 0.1) is 27.7 Å². The largest absolute Gasteiger partial charge is 0.489 e. The summed E-state index contributed by atoms with van der Waals surface area (Å²) in [6.45, 7) is 9.47. The van der Waals surface area contributed by atoms with Crippen LogP contribution in [-0.2, 0) is 19.1 Å². The van der Waals surface area contributed by atoms with Crippen molar-refractivity contribution in [3.63, 3.8) is 0 Å². The fourth-order valence-electron chi connectivity index (χ4n) is 3.85. The van der Waals surface area contributed by atoms with Crippen LogP contribution < -0.4 is 9.47 Å². The second-order valence-corrected chi connectivity index (χ2v) is 11.8. The molecule has 2 aromatic rings. The molecule has 0 saturated carbocycles. The summed E-state index contributed by atoms with van der Waals surface area (Å²) in [5, 5.41) is 19.0. The Morgan fingerprint density at radius 3 is 1.11 bits per heavy atom. The van der Waals surface area contributed by atoms with Crippen molar-refractivity contribution in [2.75, 3.05) is 26.4 Å². The monoisotopic (exact) mass is 786 g/mol. The highest BCUT2D eigenvalue weighted by molar-refractivity contribution is 9.11. The Morgan fingerprint density at radius 2 is 0.895 bits per heavy atom. The van der Waals surface area contributed by atoms with Crippen LogP contribution in [0.5, 0.6) is 11.5 Å². The summed E-state index contributed by atoms with van der Waals surface area (Å²) in [4.78, 5) is 22.6. The minimum Gasteiger partial charge on any atom is -0.489 e. The van der Waals surface area contributed by atoms with Gasteiger partial charge in [0.05, 0.1) is 13.2 Å². The van der Waals surface area contributed by atoms with Crippen LogP contribution in [-0.4, -0.2) is 60.8 Å². The fraction of sp³-hybridized carbons (Fsp3) is 0.462. The van der Waals surface area contributed by atoms with E-state index in [0.29, 0.717) is 11.5 Å². The zero-order valence-corrected chi connectivity index (χ0v) is 28.2. The van der Waals surface area contributed by atoms with Gasteiger partial charge in [-0.1, -0.05) is 0 Å². The summed E-state index contributed by atoms with van der Waals surface area (Å²) < 4.78 is 25.3. The van der Waals surface area contributed by atoms with Gasteiger partial charge in [-0.3, -0.25) is 9.59 Å². The molecule has 2 atom stereocenters. The van der Waals surface area contributed by atoms with Gasteiger partial charge in [0.25, 0.3) is 0 Å². The average molecular weight is 790 g/mol. The van der Waals surface area contributed by atoms with E-state index in [4.69, 9.17) is 18.9 Å². The lowest BCUT2D eigenvalue weighted by molar-refractivity contribution is -0.150. The zero-order chi connectivity index (χ0) is 28.9. The molecule has 0 aromatic heterocycles. The number of halogens is 4. The van der Waals surface area contributed by atoms with E-state index in [-0.39, 0.29) is 26.4 Å². The maximum absolute atomic E-state index is 11.3. The van der Waals surface area contributed by atoms with E-state index in [1.807, 2.05) is 27.7 Å². The van der Waals surface area contributed by atoms with E-state index in [9.17, 15) is 19.8 Å². The molecule has 2 unspecified atom stereocenters. The molecule has 0 aliphatic carbocycles. The van der Waals surface area contributed by atoms with Gasteiger partial charge >= 0.3 is 11.9 Å². The number of rotatable bonds is 11. The number of hydrogen-bond acceptors (Lipinski definition) is 8. The Morgan fingerprint density at radius 1 is 0.632 bits per heavy atom. The predicted octanol–water partition coefficient (Wildman–Crippen LogP) is 6.24. The van der Waals surface area contributed by atoms with Crippen molar-refractivity contribution < 1.29 is 38.7 Å². The molecular formula is C26H30Br4O8. The molecule has 0 fully saturated rings. The highest BCUT2D eigenvalue weighted by Crippen LogP contribution is 2.52. The molecule has 0 radical (unpaired) electrons. The third-order valence-corrected chi connectivity index (χ3v) is 9.67. The van der Waals surface area contributed by atoms with Gasteiger partial charge in [0.15, 0.2) is 12.2 Å². The van der Waals surface area contributed by atoms with Gasteiger partial charge in [-0.2, -0.15) is 0 Å². The first-order valence-electron chi connectivity index (χ1n) is 11.5. The van der Waals surface area contributed by atoms with Crippen molar-refractivity contribution in [1.82, 2.24) is 0 Å². The number of carbonyl (C=O) groups excluding carboxylic acids is 2. The Balaban J connectivity index is 2.54. The Bertz CT molecular complexity index is 1060. The molecule has 0 heterocycles. The van der Waals surface area contributed by atoms with Crippen molar-refractivity contribution in [2.24, 2.45) is 0 Å². The predicted molar refractivity (Wildman–Crippen MR) is 158 cm³/mol. The van der Waals surface area contributed by atoms with Gasteiger partial charge in [0.2, 0.25) is 0 Å². The fourth-order valence-corrected chi connectivity index (χ4v) is 6.68. The molecular weight excluding hydrogens is 760 g/mol. The van der Waals surface area contributed by atoms with Crippen LogP contribution in [0.4, 0.5) is 0 Å². The molecule has 0 aliphatic rings. The average Bonchev–Trinajstić information content (AvgIpc) is 2.86. The first-order chi connectivity index (χ1) is 17.8. The van der Waals surface area contributed by atoms with Gasteiger partial charge in [0.1, 0.15) is 24.7 Å². The quantitative estimate of drug-likeness (QED) is 0.258. The molecule has 2 aromatic carbocycles. The molecule has 2 N–H and O–H groups in total. The van der Waals surface area contributed by atoms with Crippen molar-refractivity contribution >= 4 is 75.7 Å². The van der Waals surface area contributed by atoms with Crippen LogP contribution in [0.15, 0.2) is 17.9 Å². The number of esters is 2. The van der Waals surface area contributed by atoms with Gasteiger partial charge in [0, 0.05) is 65.1 Å². The second kappa shape index (κ2) is 14.5. The molecule has 8 nitrogen and oxygen atoms in total. The maximum Gasteiger partial charge on any atom is 0.303 e. The first kappa shape index (κ1) is 33.0. The van der Waals surface area contributed by atoms with E-state index in [1.54, 1.807) is 0 Å². The first-order valence-corrected chi connectivity index (χ1v) is 14.7. The van der Waals surface area contributed by atoms with E-state index in [1.165, 1.54) is 13.8 Å². The minimum atomic E-state index is -0.782. The summed E-state index contributed by atoms with van der Waals surface area (Å²) in [6, 6.07) is 0. The number of ether oxygens (including phenoxy) is 4. The van der Waals surface area contributed by atoms with Crippen LogP contribution in [0.1, 0.15) is 36.1 Å². The van der Waals surface area contributed by atoms with Crippen molar-refractivity contribution in [3.8, 4) is 22.6 Å². The number of carbonyl (C=O) groups is 2. The van der Waals surface area contributed by atoms with Crippen LogP contribution in [0.3, 0.4) is 0 Å². The topological polar surface area (TPSA) is 112 Å². The maximum atomic E-state index is 11.3. The van der Waals surface area contributed by atoms with Crippen LogP contribution in [0.25, 0.3) is 11.1 Å². The molecule has 2 rings (SSSR count). The van der Waals surface area contributed by atoms with Gasteiger partial charge in [-0.25, -0.2) is 0 Å². The number of hydrogen-bond donors (Lipinski definition) is 2. The molecule has 210 valence electrons. The summed E-state index contributed by atoms with van der Waals surface area (Å²) in [5.41, 5.74) is 5.03. The van der Waals surface area contributed by atoms with Gasteiger partial charge < -0.3 is 29.2 Å². The Kier molecular flexibility index (Phi) is 12.6. The lowest BCUT2D eigenvalue weighted by Crippen LogP contribution is -2.28. The highest BCUT2D eigenvalue weighted by atomic mass is 79.9. The van der Waals surface area contributed by atoms with Crippen LogP contribution in [0.2, 0.25) is 0 Å². The van der Waals surface area contributed by atoms with Gasteiger partial charge in [-0.05, 0) is 91.4 Å². The molecule has 0 saturated heterocycles. The number of aliphatic hydroxyl groups is 2. The highest BCUT2D eigenvalue weighted by Gasteiger charge is 2.27. The zero-order valence-electron chi connectivity index (χ0n) is 21.8. The molecule has 12 heteroatoms. The van der Waals surface area contributed by atoms with E-state index in [2.05, 4.69) is 63.7 Å². The molecule has 38 heavy (non-hydrogen) atoms. The summed E-state index contributed by atoms with van der Waals surface area (Å²) in [5.74, 6) is 0.202. The second-order valence-electron chi connectivity index (χ2n) is 8.61. The van der Waals surface area contributed by atoms with E-state index < -0.39 is 24.1 Å². The van der Waals surface area contributed by atoms with Crippen molar-refractivity contribution in [1.29, 1.82) is 0 Å². The van der Waals surface area contributed by atoms with E-state index >= 15 is 0 Å². The number of benzene rings is 2. The Hall–Kier alpha value is -1.18. The van der Waals surface area contributed by atoms with Gasteiger partial charge in [-0.15, -0.1) is 0 Å². The molecule has 0 spiro atoms. The smallest absolute Gasteiger partial charge is 0.303 e. The molecule has 0 amide bonds. The minimum absolute atomic E-state index is 0.00416. The van der Waals surface area contributed by atoms with Crippen LogP contribution >= 0.6 is 63.7 Å². The van der Waals surface area contributed by atoms with Crippen molar-refractivity contribution in [3.05, 3.63) is 40.1 Å². The summed E-state index contributed by atoms with van der Waals surface area (Å²) in [6.07, 6.45) is -1.56. The molecule has 0 bridgehead atoms. The third-order valence-electron chi connectivity index (χ3n) is 5.71. The number of aliphatic hydroxyl groups excluding tert-OH is 2. The summed E-state index contributed by atoms with van der Waals surface area (Å²) in [7, 11) is 0. The summed E-state index contributed by atoms with van der Waals surface area (Å²) >= 11 is 15.0. The third kappa shape index (κ3) is 7.51.